The van der Waals surface area contributed by atoms with Gasteiger partial charge in [-0.2, -0.15) is 0 Å². The fraction of sp³-hybridized carbons (Fsp3) is 0.895. The third-order valence-corrected chi connectivity index (χ3v) is 13.6. The van der Waals surface area contributed by atoms with Gasteiger partial charge >= 0.3 is 17.9 Å². The zero-order valence-corrected chi connectivity index (χ0v) is 50.5. The van der Waals surface area contributed by atoms with Crippen molar-refractivity contribution in [2.75, 3.05) is 98.9 Å². The summed E-state index contributed by atoms with van der Waals surface area (Å²) in [6.07, 6.45) is 22.0. The van der Waals surface area contributed by atoms with Crippen LogP contribution >= 0.6 is 0 Å². The highest BCUT2D eigenvalue weighted by atomic mass is 16.7. The molecule has 1 aliphatic heterocycles. The zero-order valence-electron chi connectivity index (χ0n) is 50.5. The van der Waals surface area contributed by atoms with E-state index in [1.165, 1.54) is 25.7 Å². The Bertz CT molecular complexity index is 1760. The van der Waals surface area contributed by atoms with Gasteiger partial charge in [-0.15, -0.1) is 5.06 Å². The molecule has 0 atom stereocenters. The number of nitrogens with two attached hydrogens (primary N) is 1. The first-order chi connectivity index (χ1) is 38.0. The van der Waals surface area contributed by atoms with E-state index < -0.39 is 46.0 Å². The average Bonchev–Trinajstić information content (AvgIpc) is 3.72. The van der Waals surface area contributed by atoms with Crippen LogP contribution in [0.5, 0.6) is 0 Å². The van der Waals surface area contributed by atoms with Crippen LogP contribution in [0.1, 0.15) is 209 Å². The first-order valence-corrected chi connectivity index (χ1v) is 29.3. The van der Waals surface area contributed by atoms with E-state index in [2.05, 4.69) is 33.9 Å². The number of hydrogen-bond donors (Lipinski definition) is 3. The number of amides is 2. The molecule has 0 unspecified atom stereocenters. The number of carboxylic acids is 2. The van der Waals surface area contributed by atoms with Crippen LogP contribution in [-0.2, 0) is 62.0 Å². The van der Waals surface area contributed by atoms with E-state index >= 15 is 0 Å². The molecule has 0 aromatic rings. The number of unbranched alkanes of at least 4 members (excludes halogenated alkanes) is 14. The maximum atomic E-state index is 12.6. The third kappa shape index (κ3) is 44.2. The van der Waals surface area contributed by atoms with Gasteiger partial charge in [-0.05, 0) is 84.7 Å². The Balaban J connectivity index is 0. The summed E-state index contributed by atoms with van der Waals surface area (Å²) in [4.78, 5) is 80.4. The Morgan fingerprint density at radius 3 is 1.10 bits per heavy atom. The van der Waals surface area contributed by atoms with E-state index in [0.29, 0.717) is 129 Å². The van der Waals surface area contributed by atoms with Gasteiger partial charge in [-0.3, -0.25) is 24.0 Å². The Kier molecular flexibility index (Phi) is 47.7. The normalized spacial score (nSPS) is 12.7. The first-order valence-electron chi connectivity index (χ1n) is 29.3. The van der Waals surface area contributed by atoms with Crippen LogP contribution in [0.2, 0.25) is 0 Å². The molecule has 4 N–H and O–H groups in total. The summed E-state index contributed by atoms with van der Waals surface area (Å²) in [7, 11) is 0. The maximum Gasteiger partial charge on any atom is 0.338 e. The van der Waals surface area contributed by atoms with Crippen LogP contribution in [0.25, 0.3) is 20.9 Å². The quantitative estimate of drug-likeness (QED) is 0.0167. The molecule has 0 aliphatic carbocycles. The van der Waals surface area contributed by atoms with Crippen LogP contribution in [0.4, 0.5) is 0 Å². The van der Waals surface area contributed by atoms with E-state index in [4.69, 9.17) is 60.3 Å². The lowest BCUT2D eigenvalue weighted by Gasteiger charge is -2.24. The van der Waals surface area contributed by atoms with Gasteiger partial charge in [-0.1, -0.05) is 127 Å². The van der Waals surface area contributed by atoms with Gasteiger partial charge in [0.15, 0.2) is 0 Å². The van der Waals surface area contributed by atoms with Crippen molar-refractivity contribution in [1.29, 1.82) is 0 Å². The molecule has 80 heavy (non-hydrogen) atoms. The van der Waals surface area contributed by atoms with Gasteiger partial charge < -0.3 is 49.2 Å². The molecule has 0 spiro atoms. The molecular weight excluding hydrogens is 1040 g/mol. The molecule has 0 aromatic heterocycles. The lowest BCUT2D eigenvalue weighted by molar-refractivity contribution is -0.204. The summed E-state index contributed by atoms with van der Waals surface area (Å²) < 4.78 is 31.6. The molecule has 0 bridgehead atoms. The van der Waals surface area contributed by atoms with Gasteiger partial charge in [0.05, 0.1) is 88.9 Å². The highest BCUT2D eigenvalue weighted by Gasteiger charge is 2.38. The fourth-order valence-corrected chi connectivity index (χ4v) is 7.85. The summed E-state index contributed by atoms with van der Waals surface area (Å²) in [6.45, 7) is 22.0. The van der Waals surface area contributed by atoms with Crippen molar-refractivity contribution in [3.63, 3.8) is 0 Å². The van der Waals surface area contributed by atoms with Gasteiger partial charge in [-0.25, -0.2) is 4.79 Å². The van der Waals surface area contributed by atoms with Crippen molar-refractivity contribution in [3.8, 4) is 0 Å². The minimum absolute atomic E-state index is 0.101. The van der Waals surface area contributed by atoms with Crippen molar-refractivity contribution >= 4 is 35.5 Å². The van der Waals surface area contributed by atoms with Crippen molar-refractivity contribution in [3.05, 3.63) is 20.9 Å². The van der Waals surface area contributed by atoms with Crippen molar-refractivity contribution in [2.24, 2.45) is 37.6 Å². The number of hydroxylamine groups is 2. The van der Waals surface area contributed by atoms with Crippen LogP contribution < -0.4 is 5.73 Å². The number of carboxylic acid groups (broad SMARTS) is 2. The monoisotopic (exact) mass is 1140 g/mol. The molecule has 1 aliphatic rings. The molecule has 0 radical (unpaired) electrons. The summed E-state index contributed by atoms with van der Waals surface area (Å²) >= 11 is 0. The average molecular weight is 1140 g/mol. The van der Waals surface area contributed by atoms with Crippen molar-refractivity contribution in [2.45, 2.75) is 209 Å². The van der Waals surface area contributed by atoms with Gasteiger partial charge in [0.1, 0.15) is 5.78 Å². The standard InChI is InChI=1S/C27H51N3O6.C22H37NO6.C8H18N4O3/c1-26(2,15-11-9-7-5-6-8-10-12-16-27(3,4)25(32)33)24(31)14-13-18-34-20-22-36-23-21-35-19-17-29-30-28;1-21(2,19(26)27)15-11-9-7-5-6-8-10-12-16-22(3,4)20(28)29-23-17(24)13-14-18(23)25;9-1-3-13-5-7-15-8-6-14-4-2-11-12-10/h5-23H2,1-4H3,(H,32,33);5-16H2,1-4H3,(H,26,27);1-9H2. The number of hydrogen-bond acceptors (Lipinski definition) is 16. The molecule has 2 amide bonds. The predicted octanol–water partition coefficient (Wildman–Crippen LogP) is 11.7. The van der Waals surface area contributed by atoms with Crippen molar-refractivity contribution < 1.29 is 72.2 Å². The van der Waals surface area contributed by atoms with Crippen LogP contribution in [0, 0.1) is 21.7 Å². The number of carbonyl (C=O) groups excluding carboxylic acids is 4. The minimum Gasteiger partial charge on any atom is -0.481 e. The van der Waals surface area contributed by atoms with Gasteiger partial charge in [0.25, 0.3) is 11.8 Å². The van der Waals surface area contributed by atoms with Gasteiger partial charge in [0, 0.05) is 60.7 Å². The number of ketones is 1. The molecule has 23 heteroatoms. The molecule has 1 heterocycles. The number of imide groups is 1. The zero-order chi connectivity index (χ0) is 60.4. The number of Topliss-reactive ketones (excluding diaryl/α,β-unsaturated/α-hetero) is 1. The number of ether oxygens (including phenoxy) is 6. The molecule has 0 aromatic carbocycles. The summed E-state index contributed by atoms with van der Waals surface area (Å²) in [5, 5.41) is 25.5. The van der Waals surface area contributed by atoms with Crippen LogP contribution in [0.3, 0.4) is 0 Å². The Labute approximate surface area is 478 Å². The smallest absolute Gasteiger partial charge is 0.338 e. The second kappa shape index (κ2) is 49.2. The summed E-state index contributed by atoms with van der Waals surface area (Å²) in [6, 6.07) is 0. The molecule has 1 saturated heterocycles. The first kappa shape index (κ1) is 77.6. The summed E-state index contributed by atoms with van der Waals surface area (Å²) in [5.41, 5.74) is 19.1. The third-order valence-electron chi connectivity index (χ3n) is 13.6. The maximum absolute atomic E-state index is 12.6. The highest BCUT2D eigenvalue weighted by molar-refractivity contribution is 6.01. The largest absolute Gasteiger partial charge is 0.481 e. The van der Waals surface area contributed by atoms with E-state index in [1.807, 2.05) is 0 Å². The van der Waals surface area contributed by atoms with E-state index in [0.717, 1.165) is 96.3 Å². The molecule has 0 saturated carbocycles. The number of carbonyl (C=O) groups is 6. The Morgan fingerprint density at radius 2 is 0.762 bits per heavy atom. The molecule has 23 nitrogen and oxygen atoms in total. The van der Waals surface area contributed by atoms with Crippen LogP contribution in [-0.4, -0.2) is 150 Å². The number of rotatable bonds is 51. The number of aliphatic carboxylic acids is 2. The fourth-order valence-electron chi connectivity index (χ4n) is 7.85. The second-order valence-corrected chi connectivity index (χ2v) is 22.7. The van der Waals surface area contributed by atoms with Gasteiger partial charge in [0.2, 0.25) is 0 Å². The minimum atomic E-state index is -0.736. The SMILES string of the molecule is CC(C)(CCCCCCCCCCC(C)(C)C(=O)CCCOCCOCCOCCN=[N+]=[N-])C(=O)O.CC(C)(CCCCCCCCCCC(C)(C)C(=O)ON1C(=O)CCC1=O)C(=O)O.[N-]=[N+]=NCCOCCOCCOCCN. The summed E-state index contributed by atoms with van der Waals surface area (Å²) in [5.74, 6) is -2.58. The molecular formula is C57H106N8O15. The number of nitrogens with zero attached hydrogens (tertiary/aromatic N) is 7. The predicted molar refractivity (Wildman–Crippen MR) is 306 cm³/mol. The molecule has 1 fully saturated rings. The van der Waals surface area contributed by atoms with E-state index in [-0.39, 0.29) is 18.3 Å². The molecule has 464 valence electrons. The van der Waals surface area contributed by atoms with E-state index in [1.54, 1.807) is 41.5 Å². The van der Waals surface area contributed by atoms with E-state index in [9.17, 15) is 28.8 Å². The Hall–Kier alpha value is -4.44. The van der Waals surface area contributed by atoms with Crippen molar-refractivity contribution in [1.82, 2.24) is 5.06 Å². The second-order valence-electron chi connectivity index (χ2n) is 22.7. The lowest BCUT2D eigenvalue weighted by Crippen LogP contribution is -2.37. The highest BCUT2D eigenvalue weighted by Crippen LogP contribution is 2.30. The molecule has 1 rings (SSSR count). The Morgan fingerprint density at radius 1 is 0.463 bits per heavy atom. The van der Waals surface area contributed by atoms with Crippen LogP contribution in [0.15, 0.2) is 10.2 Å². The number of azide groups is 2. The topological polar surface area (TPSA) is 334 Å². The lowest BCUT2D eigenvalue weighted by atomic mass is 9.81.